The Morgan fingerprint density at radius 2 is 1.81 bits per heavy atom. The molecular formula is C14H30N2. The van der Waals surface area contributed by atoms with Crippen molar-refractivity contribution in [3.8, 4) is 0 Å². The largest absolute Gasteiger partial charge is 0.317 e. The average molecular weight is 226 g/mol. The van der Waals surface area contributed by atoms with Crippen LogP contribution < -0.4 is 5.32 Å². The first kappa shape index (κ1) is 14.0. The Balaban J connectivity index is 1.94. The molecule has 0 radical (unpaired) electrons. The smallest absolute Gasteiger partial charge is 0.00191 e. The molecule has 1 fully saturated rings. The van der Waals surface area contributed by atoms with E-state index in [-0.39, 0.29) is 0 Å². The number of nitrogens with one attached hydrogen (secondary N) is 1. The van der Waals surface area contributed by atoms with Crippen molar-refractivity contribution < 1.29 is 0 Å². The summed E-state index contributed by atoms with van der Waals surface area (Å²) in [6, 6.07) is 0. The van der Waals surface area contributed by atoms with Gasteiger partial charge in [0.05, 0.1) is 0 Å². The zero-order chi connectivity index (χ0) is 11.6. The molecule has 1 aliphatic heterocycles. The molecule has 1 heterocycles. The number of hydrogen-bond donors (Lipinski definition) is 1. The molecule has 0 bridgehead atoms. The van der Waals surface area contributed by atoms with Gasteiger partial charge >= 0.3 is 0 Å². The van der Waals surface area contributed by atoms with Gasteiger partial charge in [0, 0.05) is 0 Å². The molecule has 0 aromatic carbocycles. The van der Waals surface area contributed by atoms with Crippen LogP contribution in [0.25, 0.3) is 0 Å². The number of hydrogen-bond acceptors (Lipinski definition) is 2. The molecule has 0 aromatic heterocycles. The van der Waals surface area contributed by atoms with Crippen LogP contribution in [-0.2, 0) is 0 Å². The predicted molar refractivity (Wildman–Crippen MR) is 71.8 cm³/mol. The van der Waals surface area contributed by atoms with E-state index >= 15 is 0 Å². The van der Waals surface area contributed by atoms with Gasteiger partial charge in [0.1, 0.15) is 0 Å². The molecule has 0 amide bonds. The van der Waals surface area contributed by atoms with Gasteiger partial charge in [-0.25, -0.2) is 0 Å². The minimum atomic E-state index is 0.986. The quantitative estimate of drug-likeness (QED) is 0.640. The highest BCUT2D eigenvalue weighted by molar-refractivity contribution is 4.69. The van der Waals surface area contributed by atoms with Crippen LogP contribution in [0.3, 0.4) is 0 Å². The van der Waals surface area contributed by atoms with E-state index in [9.17, 15) is 0 Å². The topological polar surface area (TPSA) is 15.3 Å². The first-order chi connectivity index (χ1) is 7.83. The first-order valence-corrected chi connectivity index (χ1v) is 7.22. The third-order valence-electron chi connectivity index (χ3n) is 3.77. The second kappa shape index (κ2) is 9.00. The van der Waals surface area contributed by atoms with Gasteiger partial charge < -0.3 is 10.2 Å². The summed E-state index contributed by atoms with van der Waals surface area (Å²) in [7, 11) is 2.28. The minimum absolute atomic E-state index is 0.986. The lowest BCUT2D eigenvalue weighted by molar-refractivity contribution is 0.267. The summed E-state index contributed by atoms with van der Waals surface area (Å²) in [5.41, 5.74) is 0. The maximum Gasteiger partial charge on any atom is -0.00191 e. The molecule has 0 aliphatic carbocycles. The third kappa shape index (κ3) is 6.49. The van der Waals surface area contributed by atoms with Crippen molar-refractivity contribution in [1.29, 1.82) is 0 Å². The summed E-state index contributed by atoms with van der Waals surface area (Å²) >= 11 is 0. The lowest BCUT2D eigenvalue weighted by Gasteiger charge is -2.25. The molecular weight excluding hydrogens is 196 g/mol. The summed E-state index contributed by atoms with van der Waals surface area (Å²) in [6.07, 6.45) is 9.74. The van der Waals surface area contributed by atoms with Gasteiger partial charge in [0.15, 0.2) is 0 Å². The Kier molecular flexibility index (Phi) is 7.87. The Labute approximate surface area is 102 Å². The van der Waals surface area contributed by atoms with Crippen LogP contribution >= 0.6 is 0 Å². The van der Waals surface area contributed by atoms with Crippen molar-refractivity contribution in [1.82, 2.24) is 10.2 Å². The van der Waals surface area contributed by atoms with Gasteiger partial charge in [-0.05, 0) is 64.8 Å². The highest BCUT2D eigenvalue weighted by Crippen LogP contribution is 2.16. The first-order valence-electron chi connectivity index (χ1n) is 7.22. The van der Waals surface area contributed by atoms with E-state index < -0.39 is 0 Å². The van der Waals surface area contributed by atoms with Crippen LogP contribution in [0.15, 0.2) is 0 Å². The van der Waals surface area contributed by atoms with Crippen molar-refractivity contribution in [3.05, 3.63) is 0 Å². The van der Waals surface area contributed by atoms with E-state index in [0.717, 1.165) is 5.92 Å². The van der Waals surface area contributed by atoms with Gasteiger partial charge in [-0.2, -0.15) is 0 Å². The number of nitrogens with zero attached hydrogens (tertiary/aromatic N) is 1. The fraction of sp³-hybridized carbons (Fsp3) is 1.00. The second-order valence-electron chi connectivity index (χ2n) is 5.35. The van der Waals surface area contributed by atoms with Crippen LogP contribution in [0.1, 0.15) is 51.9 Å². The van der Waals surface area contributed by atoms with E-state index in [1.54, 1.807) is 0 Å². The van der Waals surface area contributed by atoms with Gasteiger partial charge in [-0.15, -0.1) is 0 Å². The van der Waals surface area contributed by atoms with Crippen molar-refractivity contribution in [2.75, 3.05) is 33.2 Å². The van der Waals surface area contributed by atoms with Crippen LogP contribution in [0, 0.1) is 5.92 Å². The standard InChI is InChI=1S/C14H30N2/c1-3-4-5-6-12-16(2)13-9-14-7-10-15-11-8-14/h14-15H,3-13H2,1-2H3. The molecule has 0 atom stereocenters. The monoisotopic (exact) mass is 226 g/mol. The van der Waals surface area contributed by atoms with Crippen molar-refractivity contribution in [3.63, 3.8) is 0 Å². The summed E-state index contributed by atoms with van der Waals surface area (Å²) in [4.78, 5) is 2.53. The summed E-state index contributed by atoms with van der Waals surface area (Å²) in [6.45, 7) is 7.36. The van der Waals surface area contributed by atoms with Crippen LogP contribution in [-0.4, -0.2) is 38.1 Å². The molecule has 0 unspecified atom stereocenters. The van der Waals surface area contributed by atoms with Gasteiger partial charge in [-0.3, -0.25) is 0 Å². The van der Waals surface area contributed by atoms with Gasteiger partial charge in [0.2, 0.25) is 0 Å². The molecule has 0 saturated carbocycles. The maximum absolute atomic E-state index is 3.44. The normalized spacial score (nSPS) is 18.2. The van der Waals surface area contributed by atoms with Gasteiger partial charge in [-0.1, -0.05) is 26.2 Å². The van der Waals surface area contributed by atoms with E-state index in [1.165, 1.54) is 71.1 Å². The van der Waals surface area contributed by atoms with E-state index in [2.05, 4.69) is 24.2 Å². The number of rotatable bonds is 8. The maximum atomic E-state index is 3.44. The zero-order valence-corrected chi connectivity index (χ0v) is 11.3. The van der Waals surface area contributed by atoms with E-state index in [0.29, 0.717) is 0 Å². The van der Waals surface area contributed by atoms with Crippen LogP contribution in [0.5, 0.6) is 0 Å². The number of piperidine rings is 1. The fourth-order valence-corrected chi connectivity index (χ4v) is 2.49. The zero-order valence-electron chi connectivity index (χ0n) is 11.3. The molecule has 2 nitrogen and oxygen atoms in total. The molecule has 1 N–H and O–H groups in total. The van der Waals surface area contributed by atoms with Crippen molar-refractivity contribution >= 4 is 0 Å². The van der Waals surface area contributed by atoms with E-state index in [1.807, 2.05) is 0 Å². The SMILES string of the molecule is CCCCCCN(C)CCC1CCNCC1. The number of unbranched alkanes of at least 4 members (excludes halogenated alkanes) is 3. The highest BCUT2D eigenvalue weighted by Gasteiger charge is 2.13. The second-order valence-corrected chi connectivity index (χ2v) is 5.35. The molecule has 1 rings (SSSR count). The van der Waals surface area contributed by atoms with Crippen LogP contribution in [0.4, 0.5) is 0 Å². The average Bonchev–Trinajstić information content (AvgIpc) is 2.33. The van der Waals surface area contributed by atoms with E-state index in [4.69, 9.17) is 0 Å². The lowest BCUT2D eigenvalue weighted by atomic mass is 9.94. The molecule has 0 spiro atoms. The predicted octanol–water partition coefficient (Wildman–Crippen LogP) is 2.89. The molecule has 1 saturated heterocycles. The minimum Gasteiger partial charge on any atom is -0.317 e. The lowest BCUT2D eigenvalue weighted by Crippen LogP contribution is -2.30. The highest BCUT2D eigenvalue weighted by atomic mass is 15.1. The fourth-order valence-electron chi connectivity index (χ4n) is 2.49. The van der Waals surface area contributed by atoms with Crippen molar-refractivity contribution in [2.24, 2.45) is 5.92 Å². The molecule has 2 heteroatoms. The summed E-state index contributed by atoms with van der Waals surface area (Å²) < 4.78 is 0. The third-order valence-corrected chi connectivity index (χ3v) is 3.77. The van der Waals surface area contributed by atoms with Crippen molar-refractivity contribution in [2.45, 2.75) is 51.9 Å². The Hall–Kier alpha value is -0.0800. The molecule has 96 valence electrons. The van der Waals surface area contributed by atoms with Gasteiger partial charge in [0.25, 0.3) is 0 Å². The molecule has 1 aliphatic rings. The Morgan fingerprint density at radius 3 is 2.50 bits per heavy atom. The Bertz CT molecular complexity index is 153. The molecule has 16 heavy (non-hydrogen) atoms. The summed E-state index contributed by atoms with van der Waals surface area (Å²) in [5, 5.41) is 3.44. The molecule has 0 aromatic rings. The Morgan fingerprint density at radius 1 is 1.06 bits per heavy atom. The summed E-state index contributed by atoms with van der Waals surface area (Å²) in [5.74, 6) is 0.986. The van der Waals surface area contributed by atoms with Crippen LogP contribution in [0.2, 0.25) is 0 Å².